The highest BCUT2D eigenvalue weighted by atomic mass is 16.1. The molecule has 29 heavy (non-hydrogen) atoms. The molecule has 2 N–H and O–H groups in total. The number of likely N-dealkylation sites (tertiary alicyclic amines) is 1. The van der Waals surface area contributed by atoms with Crippen LogP contribution in [0.15, 0.2) is 42.6 Å². The number of imidazole rings is 1. The molecule has 7 nitrogen and oxygen atoms in total. The minimum atomic E-state index is -0.136. The highest BCUT2D eigenvalue weighted by Crippen LogP contribution is 2.21. The van der Waals surface area contributed by atoms with Gasteiger partial charge < -0.3 is 10.3 Å². The van der Waals surface area contributed by atoms with E-state index < -0.39 is 0 Å². The Morgan fingerprint density at radius 1 is 1.14 bits per heavy atom. The van der Waals surface area contributed by atoms with Crippen molar-refractivity contribution in [2.24, 2.45) is 7.05 Å². The van der Waals surface area contributed by atoms with E-state index in [1.807, 2.05) is 43.4 Å². The van der Waals surface area contributed by atoms with Crippen molar-refractivity contribution in [3.63, 3.8) is 0 Å². The van der Waals surface area contributed by atoms with Crippen molar-refractivity contribution in [3.05, 3.63) is 54.0 Å². The Hall–Kier alpha value is -3.19. The fraction of sp³-hybridized carbons (Fsp3) is 0.318. The zero-order valence-electron chi connectivity index (χ0n) is 16.5. The van der Waals surface area contributed by atoms with Gasteiger partial charge in [-0.3, -0.25) is 14.4 Å². The van der Waals surface area contributed by atoms with Crippen molar-refractivity contribution in [1.82, 2.24) is 24.6 Å². The number of rotatable bonds is 4. The van der Waals surface area contributed by atoms with E-state index in [0.29, 0.717) is 5.56 Å². The summed E-state index contributed by atoms with van der Waals surface area (Å²) in [4.78, 5) is 23.3. The molecule has 0 aliphatic carbocycles. The highest BCUT2D eigenvalue weighted by molar-refractivity contribution is 6.06. The maximum Gasteiger partial charge on any atom is 0.255 e. The van der Waals surface area contributed by atoms with Gasteiger partial charge in [0.05, 0.1) is 29.3 Å². The summed E-state index contributed by atoms with van der Waals surface area (Å²) < 4.78 is 1.80. The number of benzene rings is 2. The van der Waals surface area contributed by atoms with Crippen LogP contribution in [0.3, 0.4) is 0 Å². The third-order valence-corrected chi connectivity index (χ3v) is 5.62. The van der Waals surface area contributed by atoms with Crippen molar-refractivity contribution in [3.8, 4) is 0 Å². The summed E-state index contributed by atoms with van der Waals surface area (Å²) >= 11 is 0. The Morgan fingerprint density at radius 2 is 2.00 bits per heavy atom. The minimum absolute atomic E-state index is 0.136. The van der Waals surface area contributed by atoms with E-state index >= 15 is 0 Å². The number of aromatic nitrogens is 4. The van der Waals surface area contributed by atoms with E-state index in [4.69, 9.17) is 4.98 Å². The number of aromatic amines is 1. The smallest absolute Gasteiger partial charge is 0.255 e. The summed E-state index contributed by atoms with van der Waals surface area (Å²) in [7, 11) is 1.89. The summed E-state index contributed by atoms with van der Waals surface area (Å²) in [5.74, 6) is 0.843. The Bertz CT molecular complexity index is 1180. The fourth-order valence-electron chi connectivity index (χ4n) is 4.05. The second-order valence-electron chi connectivity index (χ2n) is 7.75. The van der Waals surface area contributed by atoms with E-state index in [1.54, 1.807) is 10.9 Å². The van der Waals surface area contributed by atoms with E-state index in [9.17, 15) is 4.79 Å². The molecule has 1 amide bonds. The van der Waals surface area contributed by atoms with Crippen LogP contribution in [0.1, 0.15) is 35.4 Å². The molecule has 1 aliphatic heterocycles. The topological polar surface area (TPSA) is 78.8 Å². The third-order valence-electron chi connectivity index (χ3n) is 5.62. The fourth-order valence-corrected chi connectivity index (χ4v) is 4.05. The summed E-state index contributed by atoms with van der Waals surface area (Å²) in [5, 5.41) is 8.17. The molecule has 0 spiro atoms. The van der Waals surface area contributed by atoms with E-state index in [-0.39, 0.29) is 5.91 Å². The Labute approximate surface area is 168 Å². The first-order valence-electron chi connectivity index (χ1n) is 10.1. The molecule has 7 heteroatoms. The van der Waals surface area contributed by atoms with E-state index in [0.717, 1.165) is 53.1 Å². The predicted molar refractivity (Wildman–Crippen MR) is 114 cm³/mol. The molecular formula is C22H24N6O. The molecule has 2 aromatic heterocycles. The Balaban J connectivity index is 1.33. The first-order valence-corrected chi connectivity index (χ1v) is 10.1. The van der Waals surface area contributed by atoms with Crippen LogP contribution in [0.25, 0.3) is 21.9 Å². The monoisotopic (exact) mass is 388 g/mol. The molecule has 0 saturated carbocycles. The molecule has 1 aliphatic rings. The normalized spacial score (nSPS) is 15.2. The average molecular weight is 388 g/mol. The van der Waals surface area contributed by atoms with Gasteiger partial charge >= 0.3 is 0 Å². The molecule has 148 valence electrons. The van der Waals surface area contributed by atoms with Gasteiger partial charge in [-0.25, -0.2) is 4.98 Å². The van der Waals surface area contributed by atoms with Crippen molar-refractivity contribution >= 4 is 33.5 Å². The van der Waals surface area contributed by atoms with Gasteiger partial charge in [0.1, 0.15) is 5.82 Å². The maximum atomic E-state index is 12.7. The number of carbonyl (C=O) groups excluding carboxylic acids is 1. The standard InChI is InChI=1S/C22H24N6O/c1-27-20-8-5-15(11-16(20)13-23-27)22(29)24-17-6-7-18-19(12-17)26-21(25-18)14-28-9-3-2-4-10-28/h5-8,11-13H,2-4,9-10,14H2,1H3,(H,24,29)(H,25,26). The molecule has 0 atom stereocenters. The lowest BCUT2D eigenvalue weighted by Gasteiger charge is -2.25. The third kappa shape index (κ3) is 3.61. The number of hydrogen-bond donors (Lipinski definition) is 2. The van der Waals surface area contributed by atoms with Gasteiger partial charge in [0.2, 0.25) is 0 Å². The summed E-state index contributed by atoms with van der Waals surface area (Å²) in [6, 6.07) is 11.4. The highest BCUT2D eigenvalue weighted by Gasteiger charge is 2.14. The van der Waals surface area contributed by atoms with Crippen molar-refractivity contribution < 1.29 is 4.79 Å². The number of nitrogens with zero attached hydrogens (tertiary/aromatic N) is 4. The molecule has 3 heterocycles. The zero-order valence-corrected chi connectivity index (χ0v) is 16.5. The second kappa shape index (κ2) is 7.33. The quantitative estimate of drug-likeness (QED) is 0.559. The first-order chi connectivity index (χ1) is 14.2. The number of nitrogens with one attached hydrogen (secondary N) is 2. The Morgan fingerprint density at radius 3 is 2.86 bits per heavy atom. The molecule has 2 aromatic carbocycles. The van der Waals surface area contributed by atoms with Crippen molar-refractivity contribution in [2.45, 2.75) is 25.8 Å². The van der Waals surface area contributed by atoms with Crippen LogP contribution in [0.5, 0.6) is 0 Å². The predicted octanol–water partition coefficient (Wildman–Crippen LogP) is 3.69. The number of fused-ring (bicyclic) bond motifs is 2. The van der Waals surface area contributed by atoms with Crippen LogP contribution in [-0.2, 0) is 13.6 Å². The lowest BCUT2D eigenvalue weighted by molar-refractivity contribution is 0.102. The number of piperidine rings is 1. The SMILES string of the molecule is Cn1ncc2cc(C(=O)Nc3ccc4nc(CN5CCCCC5)[nH]c4c3)ccc21. The molecule has 1 fully saturated rings. The molecule has 4 aromatic rings. The van der Waals surface area contributed by atoms with Gasteiger partial charge in [-0.2, -0.15) is 5.10 Å². The lowest BCUT2D eigenvalue weighted by Crippen LogP contribution is -2.29. The van der Waals surface area contributed by atoms with Gasteiger partial charge in [0.25, 0.3) is 5.91 Å². The Kier molecular flexibility index (Phi) is 4.52. The molecule has 0 radical (unpaired) electrons. The summed E-state index contributed by atoms with van der Waals surface area (Å²) in [5.41, 5.74) is 4.23. The molecule has 0 unspecified atom stereocenters. The van der Waals surface area contributed by atoms with Crippen LogP contribution >= 0.6 is 0 Å². The van der Waals surface area contributed by atoms with Crippen LogP contribution in [0.4, 0.5) is 5.69 Å². The van der Waals surface area contributed by atoms with Gasteiger partial charge in [-0.1, -0.05) is 6.42 Å². The molecule has 5 rings (SSSR count). The van der Waals surface area contributed by atoms with Gasteiger partial charge in [-0.05, 0) is 62.3 Å². The van der Waals surface area contributed by atoms with Crippen LogP contribution < -0.4 is 5.32 Å². The summed E-state index contributed by atoms with van der Waals surface area (Å²) in [6.45, 7) is 3.13. The number of anilines is 1. The van der Waals surface area contributed by atoms with Crippen LogP contribution in [0.2, 0.25) is 0 Å². The first kappa shape index (κ1) is 17.9. The number of H-pyrrole nitrogens is 1. The summed E-state index contributed by atoms with van der Waals surface area (Å²) in [6.07, 6.45) is 5.63. The van der Waals surface area contributed by atoms with Gasteiger partial charge in [0.15, 0.2) is 0 Å². The molecule has 0 bridgehead atoms. The maximum absolute atomic E-state index is 12.7. The van der Waals surface area contributed by atoms with E-state index in [1.165, 1.54) is 19.3 Å². The van der Waals surface area contributed by atoms with Crippen molar-refractivity contribution in [2.75, 3.05) is 18.4 Å². The molecule has 1 saturated heterocycles. The van der Waals surface area contributed by atoms with Gasteiger partial charge in [0, 0.05) is 23.7 Å². The lowest BCUT2D eigenvalue weighted by atomic mass is 10.1. The van der Waals surface area contributed by atoms with Crippen LogP contribution in [0, 0.1) is 0 Å². The van der Waals surface area contributed by atoms with Gasteiger partial charge in [-0.15, -0.1) is 0 Å². The molecular weight excluding hydrogens is 364 g/mol. The minimum Gasteiger partial charge on any atom is -0.341 e. The second-order valence-corrected chi connectivity index (χ2v) is 7.75. The number of carbonyl (C=O) groups is 1. The largest absolute Gasteiger partial charge is 0.341 e. The number of aryl methyl sites for hydroxylation is 1. The van der Waals surface area contributed by atoms with E-state index in [2.05, 4.69) is 20.3 Å². The number of hydrogen-bond acceptors (Lipinski definition) is 4. The van der Waals surface area contributed by atoms with Crippen molar-refractivity contribution in [1.29, 1.82) is 0 Å². The zero-order chi connectivity index (χ0) is 19.8. The number of amides is 1. The van der Waals surface area contributed by atoms with Crippen LogP contribution in [-0.4, -0.2) is 43.6 Å². The average Bonchev–Trinajstić information content (AvgIpc) is 3.31.